The van der Waals surface area contributed by atoms with Crippen LogP contribution in [0.5, 0.6) is 0 Å². The highest BCUT2D eigenvalue weighted by atomic mass is 19.1. The van der Waals surface area contributed by atoms with Crippen molar-refractivity contribution in [2.24, 2.45) is 11.7 Å². The number of nitrogens with one attached hydrogen (secondary N) is 1. The number of carbonyl (C=O) groups excluding carboxylic acids is 2. The molecule has 0 saturated heterocycles. The zero-order chi connectivity index (χ0) is 17.5. The minimum atomic E-state index is -0.789. The van der Waals surface area contributed by atoms with Crippen molar-refractivity contribution in [3.05, 3.63) is 71.5 Å². The summed E-state index contributed by atoms with van der Waals surface area (Å²) < 4.78 is 13.7. The van der Waals surface area contributed by atoms with Crippen molar-refractivity contribution in [3.63, 3.8) is 0 Å². The number of hydrogen-bond donors (Lipinski definition) is 2. The van der Waals surface area contributed by atoms with Crippen LogP contribution in [0.15, 0.2) is 54.6 Å². The number of primary amides is 1. The van der Waals surface area contributed by atoms with E-state index in [4.69, 9.17) is 5.73 Å². The summed E-state index contributed by atoms with van der Waals surface area (Å²) in [5.74, 6) is -1.73. The van der Waals surface area contributed by atoms with E-state index in [9.17, 15) is 14.0 Å². The molecule has 4 nitrogen and oxygen atoms in total. The molecule has 0 aromatic heterocycles. The molecule has 2 aromatic rings. The topological polar surface area (TPSA) is 72.2 Å². The van der Waals surface area contributed by atoms with E-state index >= 15 is 0 Å². The molecule has 3 N–H and O–H groups in total. The molecule has 0 bridgehead atoms. The van der Waals surface area contributed by atoms with Gasteiger partial charge in [-0.25, -0.2) is 4.39 Å². The van der Waals surface area contributed by atoms with Crippen LogP contribution >= 0.6 is 0 Å². The van der Waals surface area contributed by atoms with Gasteiger partial charge in [0, 0.05) is 12.3 Å². The number of benzene rings is 2. The van der Waals surface area contributed by atoms with Crippen LogP contribution in [-0.2, 0) is 22.4 Å². The highest BCUT2D eigenvalue weighted by Gasteiger charge is 2.22. The second-order valence-electron chi connectivity index (χ2n) is 5.85. The molecule has 2 atom stereocenters. The maximum Gasteiger partial charge on any atom is 0.240 e. The number of halogens is 1. The Kier molecular flexibility index (Phi) is 6.07. The zero-order valence-corrected chi connectivity index (χ0v) is 13.5. The Morgan fingerprint density at radius 3 is 2.29 bits per heavy atom. The summed E-state index contributed by atoms with van der Waals surface area (Å²) in [6, 6.07) is 14.9. The summed E-state index contributed by atoms with van der Waals surface area (Å²) in [4.78, 5) is 23.9. The summed E-state index contributed by atoms with van der Waals surface area (Å²) >= 11 is 0. The molecule has 0 heterocycles. The maximum absolute atomic E-state index is 13.7. The zero-order valence-electron chi connectivity index (χ0n) is 13.5. The molecule has 0 fully saturated rings. The standard InChI is InChI=1S/C19H21FN2O2/c1-13(11-15-9-5-6-10-16(15)20)19(24)22-17(18(21)23)12-14-7-3-2-4-8-14/h2-10,13,17H,11-12H2,1H3,(H2,21,23)(H,22,24). The number of nitrogens with two attached hydrogens (primary N) is 1. The smallest absolute Gasteiger partial charge is 0.240 e. The number of hydrogen-bond acceptors (Lipinski definition) is 2. The van der Waals surface area contributed by atoms with E-state index in [1.807, 2.05) is 30.3 Å². The van der Waals surface area contributed by atoms with E-state index in [2.05, 4.69) is 5.32 Å². The van der Waals surface area contributed by atoms with Gasteiger partial charge >= 0.3 is 0 Å². The summed E-state index contributed by atoms with van der Waals surface area (Å²) in [6.45, 7) is 1.70. The molecule has 2 rings (SSSR count). The minimum absolute atomic E-state index is 0.259. The van der Waals surface area contributed by atoms with Gasteiger partial charge in [0.2, 0.25) is 11.8 Å². The lowest BCUT2D eigenvalue weighted by molar-refractivity contribution is -0.129. The van der Waals surface area contributed by atoms with Gasteiger partial charge in [0.1, 0.15) is 11.9 Å². The Labute approximate surface area is 140 Å². The molecule has 24 heavy (non-hydrogen) atoms. The van der Waals surface area contributed by atoms with Gasteiger partial charge in [-0.15, -0.1) is 0 Å². The lowest BCUT2D eigenvalue weighted by Gasteiger charge is -2.19. The highest BCUT2D eigenvalue weighted by Crippen LogP contribution is 2.13. The van der Waals surface area contributed by atoms with E-state index in [1.165, 1.54) is 6.07 Å². The fraction of sp³-hybridized carbons (Fsp3) is 0.263. The van der Waals surface area contributed by atoms with Gasteiger partial charge in [0.05, 0.1) is 0 Å². The van der Waals surface area contributed by atoms with Crippen LogP contribution in [0.3, 0.4) is 0 Å². The van der Waals surface area contributed by atoms with Crippen molar-refractivity contribution in [1.82, 2.24) is 5.32 Å². The van der Waals surface area contributed by atoms with Crippen LogP contribution < -0.4 is 11.1 Å². The van der Waals surface area contributed by atoms with E-state index in [0.29, 0.717) is 12.0 Å². The molecule has 0 aliphatic carbocycles. The third-order valence-corrected chi connectivity index (χ3v) is 3.87. The molecule has 2 amide bonds. The first kappa shape index (κ1) is 17.7. The molecule has 0 saturated carbocycles. The van der Waals surface area contributed by atoms with Gasteiger partial charge in [0.25, 0.3) is 0 Å². The molecule has 2 unspecified atom stereocenters. The van der Waals surface area contributed by atoms with Crippen molar-refractivity contribution >= 4 is 11.8 Å². The van der Waals surface area contributed by atoms with Crippen molar-refractivity contribution in [3.8, 4) is 0 Å². The van der Waals surface area contributed by atoms with Crippen LogP contribution in [0, 0.1) is 11.7 Å². The predicted octanol–water partition coefficient (Wildman–Crippen LogP) is 2.22. The highest BCUT2D eigenvalue weighted by molar-refractivity contribution is 5.87. The van der Waals surface area contributed by atoms with E-state index < -0.39 is 17.9 Å². The molecule has 0 radical (unpaired) electrons. The Hall–Kier alpha value is -2.69. The molecule has 126 valence electrons. The predicted molar refractivity (Wildman–Crippen MR) is 90.5 cm³/mol. The first-order chi connectivity index (χ1) is 11.5. The molecule has 0 aliphatic heterocycles. The Balaban J connectivity index is 1.99. The van der Waals surface area contributed by atoms with Crippen molar-refractivity contribution in [1.29, 1.82) is 0 Å². The maximum atomic E-state index is 13.7. The van der Waals surface area contributed by atoms with E-state index in [0.717, 1.165) is 5.56 Å². The normalized spacial score (nSPS) is 13.1. The fourth-order valence-electron chi connectivity index (χ4n) is 2.47. The lowest BCUT2D eigenvalue weighted by Crippen LogP contribution is -2.47. The first-order valence-corrected chi connectivity index (χ1v) is 7.84. The average Bonchev–Trinajstić information content (AvgIpc) is 2.57. The van der Waals surface area contributed by atoms with Gasteiger partial charge in [-0.2, -0.15) is 0 Å². The lowest BCUT2D eigenvalue weighted by atomic mass is 9.98. The number of amides is 2. The van der Waals surface area contributed by atoms with Crippen LogP contribution in [0.1, 0.15) is 18.1 Å². The molecule has 5 heteroatoms. The second kappa shape index (κ2) is 8.24. The van der Waals surface area contributed by atoms with Crippen LogP contribution in [0.25, 0.3) is 0 Å². The summed E-state index contributed by atoms with van der Waals surface area (Å²) in [6.07, 6.45) is 0.587. The molecular formula is C19H21FN2O2. The van der Waals surface area contributed by atoms with Crippen molar-refractivity contribution in [2.45, 2.75) is 25.8 Å². The molecule has 2 aromatic carbocycles. The van der Waals surface area contributed by atoms with E-state index in [1.54, 1.807) is 25.1 Å². The third kappa shape index (κ3) is 4.91. The van der Waals surface area contributed by atoms with Crippen molar-refractivity contribution in [2.75, 3.05) is 0 Å². The SMILES string of the molecule is CC(Cc1ccccc1F)C(=O)NC(Cc1ccccc1)C(N)=O. The Morgan fingerprint density at radius 1 is 1.04 bits per heavy atom. The number of carbonyl (C=O) groups is 2. The van der Waals surface area contributed by atoms with Crippen molar-refractivity contribution < 1.29 is 14.0 Å². The van der Waals surface area contributed by atoms with Crippen LogP contribution in [0.2, 0.25) is 0 Å². The first-order valence-electron chi connectivity index (χ1n) is 7.84. The third-order valence-electron chi connectivity index (χ3n) is 3.87. The summed E-state index contributed by atoms with van der Waals surface area (Å²) in [5.41, 5.74) is 6.77. The van der Waals surface area contributed by atoms with Crippen LogP contribution in [0.4, 0.5) is 4.39 Å². The van der Waals surface area contributed by atoms with Gasteiger partial charge in [-0.1, -0.05) is 55.5 Å². The monoisotopic (exact) mass is 328 g/mol. The average molecular weight is 328 g/mol. The van der Waals surface area contributed by atoms with Gasteiger partial charge < -0.3 is 11.1 Å². The van der Waals surface area contributed by atoms with Gasteiger partial charge in [-0.3, -0.25) is 9.59 Å². The second-order valence-corrected chi connectivity index (χ2v) is 5.85. The largest absolute Gasteiger partial charge is 0.368 e. The quantitative estimate of drug-likeness (QED) is 0.818. The van der Waals surface area contributed by atoms with Gasteiger partial charge in [-0.05, 0) is 23.6 Å². The Bertz CT molecular complexity index is 704. The minimum Gasteiger partial charge on any atom is -0.368 e. The summed E-state index contributed by atoms with van der Waals surface area (Å²) in [7, 11) is 0. The molecule has 0 aliphatic rings. The van der Waals surface area contributed by atoms with E-state index in [-0.39, 0.29) is 18.1 Å². The Morgan fingerprint density at radius 2 is 1.67 bits per heavy atom. The fourth-order valence-corrected chi connectivity index (χ4v) is 2.47. The molecule has 0 spiro atoms. The van der Waals surface area contributed by atoms with Crippen LogP contribution in [-0.4, -0.2) is 17.9 Å². The van der Waals surface area contributed by atoms with Gasteiger partial charge in [0.15, 0.2) is 0 Å². The molecular weight excluding hydrogens is 307 g/mol. The number of rotatable bonds is 7. The summed E-state index contributed by atoms with van der Waals surface area (Å²) in [5, 5.41) is 2.67.